The molecule has 1 aliphatic rings. The lowest BCUT2D eigenvalue weighted by Crippen LogP contribution is -2.48. The molecule has 15 heavy (non-hydrogen) atoms. The van der Waals surface area contributed by atoms with Gasteiger partial charge in [0.25, 0.3) is 0 Å². The second-order valence-corrected chi connectivity index (χ2v) is 5.76. The zero-order valence-electron chi connectivity index (χ0n) is 11.9. The Bertz CT molecular complexity index is 155. The molecule has 92 valence electrons. The van der Waals surface area contributed by atoms with Crippen LogP contribution in [0.15, 0.2) is 0 Å². The minimum atomic E-state index is 0.369. The fourth-order valence-electron chi connectivity index (χ4n) is 2.16. The van der Waals surface area contributed by atoms with Crippen LogP contribution in [-0.4, -0.2) is 23.5 Å². The van der Waals surface area contributed by atoms with Gasteiger partial charge in [-0.1, -0.05) is 27.7 Å². The van der Waals surface area contributed by atoms with Crippen LogP contribution in [0.4, 0.5) is 0 Å². The van der Waals surface area contributed by atoms with Crippen molar-refractivity contribution in [1.29, 1.82) is 0 Å². The minimum Gasteiger partial charge on any atom is -0.298 e. The molecule has 0 radical (unpaired) electrons. The van der Waals surface area contributed by atoms with Crippen molar-refractivity contribution in [3.05, 3.63) is 0 Å². The summed E-state index contributed by atoms with van der Waals surface area (Å²) in [7, 11) is 0. The lowest BCUT2D eigenvalue weighted by molar-refractivity contribution is 0.0640. The summed E-state index contributed by atoms with van der Waals surface area (Å²) in [6.07, 6.45) is 2.82. The van der Waals surface area contributed by atoms with Gasteiger partial charge in [0.1, 0.15) is 0 Å². The van der Waals surface area contributed by atoms with Crippen molar-refractivity contribution >= 4 is 0 Å². The topological polar surface area (TPSA) is 3.24 Å². The van der Waals surface area contributed by atoms with E-state index in [1.807, 2.05) is 13.8 Å². The fourth-order valence-corrected chi connectivity index (χ4v) is 2.16. The molecule has 0 N–H and O–H groups in total. The van der Waals surface area contributed by atoms with E-state index in [1.54, 1.807) is 0 Å². The number of nitrogens with zero attached hydrogens (tertiary/aromatic N) is 1. The van der Waals surface area contributed by atoms with Crippen molar-refractivity contribution in [3.8, 4) is 0 Å². The Kier molecular flexibility index (Phi) is 6.51. The van der Waals surface area contributed by atoms with Crippen molar-refractivity contribution in [3.63, 3.8) is 0 Å². The monoisotopic (exact) mass is 213 g/mol. The quantitative estimate of drug-likeness (QED) is 0.631. The van der Waals surface area contributed by atoms with E-state index in [-0.39, 0.29) is 0 Å². The highest BCUT2D eigenvalue weighted by Gasteiger charge is 2.28. The normalized spacial score (nSPS) is 23.6. The van der Waals surface area contributed by atoms with Crippen LogP contribution in [-0.2, 0) is 0 Å². The maximum atomic E-state index is 2.64. The Labute approximate surface area is 97.2 Å². The Morgan fingerprint density at radius 3 is 2.07 bits per heavy atom. The van der Waals surface area contributed by atoms with E-state index in [0.717, 1.165) is 11.8 Å². The molecule has 1 aliphatic heterocycles. The van der Waals surface area contributed by atoms with Gasteiger partial charge < -0.3 is 0 Å². The summed E-state index contributed by atoms with van der Waals surface area (Å²) in [5, 5.41) is 0. The van der Waals surface area contributed by atoms with Gasteiger partial charge in [0, 0.05) is 12.1 Å². The number of piperidine rings is 1. The molecule has 1 fully saturated rings. The molecular formula is C14H31N. The van der Waals surface area contributed by atoms with Crippen LogP contribution in [0.3, 0.4) is 0 Å². The van der Waals surface area contributed by atoms with Gasteiger partial charge in [0.2, 0.25) is 0 Å². The molecule has 0 amide bonds. The largest absolute Gasteiger partial charge is 0.298 e. The number of likely N-dealkylation sites (tertiary alicyclic amines) is 1. The lowest BCUT2D eigenvalue weighted by Gasteiger charge is -2.42. The number of hydrogen-bond donors (Lipinski definition) is 0. The summed E-state index contributed by atoms with van der Waals surface area (Å²) < 4.78 is 0. The summed E-state index contributed by atoms with van der Waals surface area (Å²) in [5.74, 6) is 1.78. The molecule has 0 aromatic heterocycles. The van der Waals surface area contributed by atoms with Crippen LogP contribution in [0.5, 0.6) is 0 Å². The van der Waals surface area contributed by atoms with Crippen LogP contribution >= 0.6 is 0 Å². The highest BCUT2D eigenvalue weighted by molar-refractivity contribution is 4.83. The third-order valence-corrected chi connectivity index (χ3v) is 3.35. The third kappa shape index (κ3) is 5.01. The third-order valence-electron chi connectivity index (χ3n) is 3.35. The molecule has 1 rings (SSSR count). The Hall–Kier alpha value is -0.0400. The highest BCUT2D eigenvalue weighted by atomic mass is 15.2. The molecule has 0 saturated carbocycles. The molecular weight excluding hydrogens is 182 g/mol. The molecule has 1 nitrogen and oxygen atoms in total. The van der Waals surface area contributed by atoms with Gasteiger partial charge in [0.05, 0.1) is 0 Å². The van der Waals surface area contributed by atoms with Crippen LogP contribution in [0, 0.1) is 11.8 Å². The Morgan fingerprint density at radius 1 is 1.13 bits per heavy atom. The second-order valence-electron chi connectivity index (χ2n) is 5.76. The standard InChI is InChI=1S/C12H25N.C2H6/c1-10(2)11-7-6-8-13(9-11)12(3,4)5;1-2/h10-11H,6-9H2,1-5H3;1-2H3. The number of rotatable bonds is 1. The molecule has 0 aliphatic carbocycles. The summed E-state index contributed by atoms with van der Waals surface area (Å²) >= 11 is 0. The van der Waals surface area contributed by atoms with Crippen molar-refractivity contribution < 1.29 is 0 Å². The summed E-state index contributed by atoms with van der Waals surface area (Å²) in [6, 6.07) is 0. The van der Waals surface area contributed by atoms with E-state index >= 15 is 0 Å². The van der Waals surface area contributed by atoms with E-state index in [9.17, 15) is 0 Å². The molecule has 1 saturated heterocycles. The minimum absolute atomic E-state index is 0.369. The number of hydrogen-bond acceptors (Lipinski definition) is 1. The molecule has 1 heteroatoms. The smallest absolute Gasteiger partial charge is 0.0125 e. The molecule has 0 bridgehead atoms. The van der Waals surface area contributed by atoms with E-state index in [2.05, 4.69) is 39.5 Å². The molecule has 0 aromatic carbocycles. The predicted octanol–water partition coefficient (Wildman–Crippen LogP) is 4.18. The van der Waals surface area contributed by atoms with Gasteiger partial charge in [-0.2, -0.15) is 0 Å². The molecule has 0 spiro atoms. The van der Waals surface area contributed by atoms with Gasteiger partial charge >= 0.3 is 0 Å². The SMILES string of the molecule is CC.CC(C)C1CCCN(C(C)(C)C)C1. The predicted molar refractivity (Wildman–Crippen MR) is 70.2 cm³/mol. The van der Waals surface area contributed by atoms with Crippen LogP contribution in [0.2, 0.25) is 0 Å². The summed E-state index contributed by atoms with van der Waals surface area (Å²) in [5.41, 5.74) is 0.369. The first-order chi connectivity index (χ1) is 6.91. The summed E-state index contributed by atoms with van der Waals surface area (Å²) in [4.78, 5) is 2.64. The fraction of sp³-hybridized carbons (Fsp3) is 1.00. The van der Waals surface area contributed by atoms with E-state index in [0.29, 0.717) is 5.54 Å². The van der Waals surface area contributed by atoms with Crippen molar-refractivity contribution in [1.82, 2.24) is 4.90 Å². The lowest BCUT2D eigenvalue weighted by atomic mass is 9.86. The van der Waals surface area contributed by atoms with Crippen molar-refractivity contribution in [2.75, 3.05) is 13.1 Å². The van der Waals surface area contributed by atoms with E-state index in [4.69, 9.17) is 0 Å². The average molecular weight is 213 g/mol. The maximum absolute atomic E-state index is 2.64. The van der Waals surface area contributed by atoms with Gasteiger partial charge in [-0.15, -0.1) is 0 Å². The van der Waals surface area contributed by atoms with Gasteiger partial charge in [-0.3, -0.25) is 4.90 Å². The average Bonchev–Trinajstić information content (AvgIpc) is 2.20. The zero-order chi connectivity index (χ0) is 12.1. The first-order valence-electron chi connectivity index (χ1n) is 6.66. The second kappa shape index (κ2) is 6.52. The Morgan fingerprint density at radius 2 is 1.67 bits per heavy atom. The summed E-state index contributed by atoms with van der Waals surface area (Å²) in [6.45, 7) is 18.3. The van der Waals surface area contributed by atoms with E-state index < -0.39 is 0 Å². The van der Waals surface area contributed by atoms with Crippen LogP contribution in [0.1, 0.15) is 61.3 Å². The first-order valence-corrected chi connectivity index (χ1v) is 6.66. The Balaban J connectivity index is 0.000000921. The van der Waals surface area contributed by atoms with Crippen molar-refractivity contribution in [2.24, 2.45) is 11.8 Å². The van der Waals surface area contributed by atoms with Gasteiger partial charge in [0.15, 0.2) is 0 Å². The van der Waals surface area contributed by atoms with Crippen molar-refractivity contribution in [2.45, 2.75) is 66.8 Å². The zero-order valence-corrected chi connectivity index (χ0v) is 11.9. The molecule has 1 unspecified atom stereocenters. The maximum Gasteiger partial charge on any atom is 0.0125 e. The molecule has 1 atom stereocenters. The highest BCUT2D eigenvalue weighted by Crippen LogP contribution is 2.27. The van der Waals surface area contributed by atoms with Gasteiger partial charge in [-0.05, 0) is 52.0 Å². The van der Waals surface area contributed by atoms with Gasteiger partial charge in [-0.25, -0.2) is 0 Å². The molecule has 1 heterocycles. The van der Waals surface area contributed by atoms with Crippen LogP contribution in [0.25, 0.3) is 0 Å². The molecule has 0 aromatic rings. The first kappa shape index (κ1) is 15.0. The van der Waals surface area contributed by atoms with Crippen LogP contribution < -0.4 is 0 Å². The van der Waals surface area contributed by atoms with E-state index in [1.165, 1.54) is 25.9 Å².